The van der Waals surface area contributed by atoms with Gasteiger partial charge in [0.15, 0.2) is 9.84 Å². The molecule has 8 nitrogen and oxygen atoms in total. The summed E-state index contributed by atoms with van der Waals surface area (Å²) in [5, 5.41) is 14.3. The molecule has 0 radical (unpaired) electrons. The van der Waals surface area contributed by atoms with Gasteiger partial charge in [0.1, 0.15) is 6.04 Å². The lowest BCUT2D eigenvalue weighted by Crippen LogP contribution is -2.53. The van der Waals surface area contributed by atoms with Crippen molar-refractivity contribution in [2.45, 2.75) is 42.2 Å². The lowest BCUT2D eigenvalue weighted by molar-refractivity contribution is -0.376. The van der Waals surface area contributed by atoms with Crippen LogP contribution in [0, 0.1) is 0 Å². The van der Waals surface area contributed by atoms with Gasteiger partial charge in [0.25, 0.3) is 11.5 Å². The van der Waals surface area contributed by atoms with Gasteiger partial charge in [-0.25, -0.2) is 13.2 Å². The molecule has 1 aliphatic heterocycles. The van der Waals surface area contributed by atoms with E-state index in [1.165, 1.54) is 32.2 Å². The second-order valence-electron chi connectivity index (χ2n) is 8.44. The summed E-state index contributed by atoms with van der Waals surface area (Å²) in [4.78, 5) is 26.9. The summed E-state index contributed by atoms with van der Waals surface area (Å²) in [6.45, 7) is 1.48. The number of nitrogens with zero attached hydrogens (tertiary/aromatic N) is 1. The maximum absolute atomic E-state index is 13.2. The number of hydrogen-bond donors (Lipinski definition) is 3. The predicted octanol–water partition coefficient (Wildman–Crippen LogP) is 3.67. The third-order valence-electron chi connectivity index (χ3n) is 6.20. The number of halogens is 6. The Balaban J connectivity index is 1.97. The third kappa shape index (κ3) is 5.16. The van der Waals surface area contributed by atoms with Crippen LogP contribution in [0.25, 0.3) is 0 Å². The minimum Gasteiger partial charge on any atom is -0.369 e. The molecule has 2 aromatic rings. The fourth-order valence-electron chi connectivity index (χ4n) is 4.10. The molecule has 1 heterocycles. The maximum atomic E-state index is 13.2. The molecule has 15 heteroatoms. The zero-order valence-electron chi connectivity index (χ0n) is 19.9. The summed E-state index contributed by atoms with van der Waals surface area (Å²) in [5.74, 6) is -1.01. The lowest BCUT2D eigenvalue weighted by atomic mass is 9.91. The molecule has 0 aromatic heterocycles. The summed E-state index contributed by atoms with van der Waals surface area (Å²) in [6, 6.07) is 4.40. The highest BCUT2D eigenvalue weighted by Gasteiger charge is 2.71. The van der Waals surface area contributed by atoms with E-state index in [0.29, 0.717) is 23.3 Å². The number of benzene rings is 2. The molecule has 0 saturated heterocycles. The Kier molecular flexibility index (Phi) is 7.76. The van der Waals surface area contributed by atoms with E-state index in [9.17, 15) is 49.5 Å². The van der Waals surface area contributed by atoms with Gasteiger partial charge in [0.05, 0.1) is 10.6 Å². The van der Waals surface area contributed by atoms with E-state index in [0.717, 1.165) is 17.0 Å². The number of rotatable bonds is 5. The maximum Gasteiger partial charge on any atom is 0.430 e. The normalized spacial score (nSPS) is 16.6. The molecule has 3 rings (SSSR count). The summed E-state index contributed by atoms with van der Waals surface area (Å²) in [7, 11) is -2.24. The van der Waals surface area contributed by atoms with Crippen molar-refractivity contribution in [1.82, 2.24) is 10.2 Å². The van der Waals surface area contributed by atoms with Crippen molar-refractivity contribution in [3.8, 4) is 0 Å². The molecule has 0 aliphatic carbocycles. The van der Waals surface area contributed by atoms with Crippen LogP contribution in [0.15, 0.2) is 47.4 Å². The first kappa shape index (κ1) is 29.2. The lowest BCUT2D eigenvalue weighted by Gasteiger charge is -2.36. The topological polar surface area (TPSA) is 116 Å². The van der Waals surface area contributed by atoms with Crippen LogP contribution < -0.4 is 10.6 Å². The van der Waals surface area contributed by atoms with Crippen molar-refractivity contribution in [2.24, 2.45) is 0 Å². The molecule has 0 spiro atoms. The number of sulfone groups is 1. The van der Waals surface area contributed by atoms with Crippen molar-refractivity contribution < 1.29 is 49.5 Å². The van der Waals surface area contributed by atoms with E-state index in [1.54, 1.807) is 0 Å². The highest BCUT2D eigenvalue weighted by molar-refractivity contribution is 7.91. The Morgan fingerprint density at radius 3 is 2.11 bits per heavy atom. The van der Waals surface area contributed by atoms with Crippen molar-refractivity contribution in [1.29, 1.82) is 0 Å². The van der Waals surface area contributed by atoms with Gasteiger partial charge in [-0.15, -0.1) is 0 Å². The molecule has 1 unspecified atom stereocenters. The highest BCUT2D eigenvalue weighted by Crippen LogP contribution is 2.50. The van der Waals surface area contributed by atoms with Gasteiger partial charge in [0.2, 0.25) is 0 Å². The van der Waals surface area contributed by atoms with Gasteiger partial charge in [-0.05, 0) is 41.8 Å². The third-order valence-corrected chi connectivity index (χ3v) is 7.93. The zero-order chi connectivity index (χ0) is 28.7. The van der Waals surface area contributed by atoms with Crippen molar-refractivity contribution in [3.63, 3.8) is 0 Å². The van der Waals surface area contributed by atoms with Crippen LogP contribution >= 0.6 is 0 Å². The first-order valence-corrected chi connectivity index (χ1v) is 12.7. The fourth-order valence-corrected chi connectivity index (χ4v) is 5.03. The average molecular weight is 568 g/mol. The van der Waals surface area contributed by atoms with Gasteiger partial charge in [-0.2, -0.15) is 26.3 Å². The second-order valence-corrected chi connectivity index (χ2v) is 10.7. The van der Waals surface area contributed by atoms with Crippen LogP contribution in [0.2, 0.25) is 0 Å². The van der Waals surface area contributed by atoms with Crippen LogP contribution in [0.5, 0.6) is 0 Å². The first-order chi connectivity index (χ1) is 17.5. The van der Waals surface area contributed by atoms with Crippen LogP contribution in [0.4, 0.5) is 36.8 Å². The van der Waals surface area contributed by atoms with E-state index in [2.05, 4.69) is 10.6 Å². The van der Waals surface area contributed by atoms with Gasteiger partial charge in [-0.1, -0.05) is 25.1 Å². The van der Waals surface area contributed by atoms with Crippen molar-refractivity contribution in [2.75, 3.05) is 24.7 Å². The van der Waals surface area contributed by atoms with Crippen LogP contribution in [0.1, 0.15) is 29.7 Å². The number of anilines is 1. The Labute approximate surface area is 213 Å². The number of fused-ring (bicyclic) bond motifs is 1. The molecule has 0 bridgehead atoms. The van der Waals surface area contributed by atoms with Gasteiger partial charge < -0.3 is 20.6 Å². The number of urea groups is 1. The fraction of sp³-hybridized carbons (Fsp3) is 0.391. The van der Waals surface area contributed by atoms with E-state index in [4.69, 9.17) is 0 Å². The minimum absolute atomic E-state index is 0.0174. The summed E-state index contributed by atoms with van der Waals surface area (Å²) in [5.41, 5.74) is -6.06. The van der Waals surface area contributed by atoms with E-state index in [1.807, 2.05) is 0 Å². The quantitative estimate of drug-likeness (QED) is 0.477. The molecule has 1 atom stereocenters. The number of carbonyl (C=O) groups excluding carboxylic acids is 2. The molecule has 3 N–H and O–H groups in total. The van der Waals surface area contributed by atoms with E-state index >= 15 is 0 Å². The summed E-state index contributed by atoms with van der Waals surface area (Å²) < 4.78 is 103. The molecular weight excluding hydrogens is 544 g/mol. The smallest absolute Gasteiger partial charge is 0.369 e. The van der Waals surface area contributed by atoms with E-state index in [-0.39, 0.29) is 29.3 Å². The molecule has 38 heavy (non-hydrogen) atoms. The number of aliphatic hydroxyl groups is 1. The zero-order valence-corrected chi connectivity index (χ0v) is 20.8. The monoisotopic (exact) mass is 567 g/mol. The number of alkyl halides is 6. The SMILES string of the molecule is CCS(=O)(=O)c1ccc2c(c1)CCN(C(=O)NC)C2C(=O)Nc1ccc(C(O)(C(F)(F)F)C(F)(F)F)cc1. The van der Waals surface area contributed by atoms with Gasteiger partial charge in [-0.3, -0.25) is 4.79 Å². The minimum atomic E-state index is -6.07. The molecule has 0 saturated carbocycles. The Hall–Kier alpha value is -3.33. The van der Waals surface area contributed by atoms with Gasteiger partial charge >= 0.3 is 18.4 Å². The number of hydrogen-bond acceptors (Lipinski definition) is 5. The van der Waals surface area contributed by atoms with Crippen LogP contribution in [-0.4, -0.2) is 62.1 Å². The molecule has 2 aromatic carbocycles. The number of amides is 3. The standard InChI is InChI=1S/C23H23F6N3O5S/c1-3-38(36,37)16-8-9-17-13(12-16)10-11-32(20(34)30-2)18(17)19(33)31-15-6-4-14(5-7-15)21(35,22(24,25)26)23(27,28)29/h4-9,12,18,35H,3,10-11H2,1-2H3,(H,30,34)(H,31,33). The predicted molar refractivity (Wildman–Crippen MR) is 123 cm³/mol. The Morgan fingerprint density at radius 1 is 1.03 bits per heavy atom. The first-order valence-electron chi connectivity index (χ1n) is 11.1. The summed E-state index contributed by atoms with van der Waals surface area (Å²) in [6.07, 6.45) is -11.9. The number of nitrogens with one attached hydrogen (secondary N) is 2. The second kappa shape index (κ2) is 10.1. The number of carbonyl (C=O) groups is 2. The molecular formula is C23H23F6N3O5S. The molecule has 0 fully saturated rings. The van der Waals surface area contributed by atoms with Crippen molar-refractivity contribution >= 4 is 27.5 Å². The largest absolute Gasteiger partial charge is 0.430 e. The molecule has 1 aliphatic rings. The van der Waals surface area contributed by atoms with Crippen LogP contribution in [0.3, 0.4) is 0 Å². The Morgan fingerprint density at radius 2 is 1.61 bits per heavy atom. The van der Waals surface area contributed by atoms with Gasteiger partial charge in [0, 0.05) is 24.8 Å². The molecule has 208 valence electrons. The van der Waals surface area contributed by atoms with Crippen LogP contribution in [-0.2, 0) is 26.7 Å². The highest BCUT2D eigenvalue weighted by atomic mass is 32.2. The Bertz CT molecular complexity index is 1310. The van der Waals surface area contributed by atoms with Crippen molar-refractivity contribution in [3.05, 3.63) is 59.2 Å². The molecule has 3 amide bonds. The average Bonchev–Trinajstić information content (AvgIpc) is 2.85. The summed E-state index contributed by atoms with van der Waals surface area (Å²) >= 11 is 0. The van der Waals surface area contributed by atoms with E-state index < -0.39 is 51.3 Å².